The van der Waals surface area contributed by atoms with Crippen molar-refractivity contribution >= 4 is 0 Å². The van der Waals surface area contributed by atoms with Gasteiger partial charge in [0, 0.05) is 7.05 Å². The Morgan fingerprint density at radius 3 is 2.65 bits per heavy atom. The van der Waals surface area contributed by atoms with E-state index in [1.165, 1.54) is 11.3 Å². The second kappa shape index (κ2) is 6.60. The monoisotopic (exact) mass is 235 g/mol. The Morgan fingerprint density at radius 2 is 2.18 bits per heavy atom. The first-order valence-electron chi connectivity index (χ1n) is 6.49. The van der Waals surface area contributed by atoms with Gasteiger partial charge in [0.25, 0.3) is 0 Å². The minimum Gasteiger partial charge on any atom is -0.305 e. The largest absolute Gasteiger partial charge is 0.305 e. The number of hydrogen-bond donors (Lipinski definition) is 1. The fourth-order valence-corrected chi connectivity index (χ4v) is 1.89. The van der Waals surface area contributed by atoms with Gasteiger partial charge in [0.1, 0.15) is 0 Å². The summed E-state index contributed by atoms with van der Waals surface area (Å²) in [5.41, 5.74) is 3.74. The molecule has 0 aliphatic rings. The molecule has 1 unspecified atom stereocenters. The van der Waals surface area contributed by atoms with Crippen LogP contribution in [-0.2, 0) is 13.5 Å². The zero-order chi connectivity index (χ0) is 12.8. The van der Waals surface area contributed by atoms with E-state index in [1.54, 1.807) is 0 Å². The molecular formula is C14H25N3. The quantitative estimate of drug-likeness (QED) is 0.768. The van der Waals surface area contributed by atoms with Crippen LogP contribution < -0.4 is 5.32 Å². The molecule has 0 fully saturated rings. The molecule has 0 bridgehead atoms. The number of aromatic nitrogens is 2. The number of rotatable bonds is 6. The average Bonchev–Trinajstić information content (AvgIpc) is 2.65. The summed E-state index contributed by atoms with van der Waals surface area (Å²) in [5, 5.41) is 8.07. The highest BCUT2D eigenvalue weighted by atomic mass is 15.3. The zero-order valence-corrected chi connectivity index (χ0v) is 11.7. The molecule has 17 heavy (non-hydrogen) atoms. The fourth-order valence-electron chi connectivity index (χ4n) is 1.89. The average molecular weight is 235 g/mol. The lowest BCUT2D eigenvalue weighted by Gasteiger charge is -2.15. The normalized spacial score (nSPS) is 12.5. The predicted octanol–water partition coefficient (Wildman–Crippen LogP) is 2.99. The van der Waals surface area contributed by atoms with Crippen LogP contribution >= 0.6 is 0 Å². The van der Waals surface area contributed by atoms with Crippen molar-refractivity contribution in [3.8, 4) is 0 Å². The molecule has 1 aromatic heterocycles. The predicted molar refractivity (Wildman–Crippen MR) is 73.1 cm³/mol. The van der Waals surface area contributed by atoms with E-state index in [9.17, 15) is 0 Å². The summed E-state index contributed by atoms with van der Waals surface area (Å²) in [4.78, 5) is 0. The lowest BCUT2D eigenvalue weighted by Crippen LogP contribution is -2.22. The number of aryl methyl sites for hydroxylation is 2. The smallest absolute Gasteiger partial charge is 0.0680 e. The summed E-state index contributed by atoms with van der Waals surface area (Å²) in [7, 11) is 2.02. The van der Waals surface area contributed by atoms with E-state index in [4.69, 9.17) is 0 Å². The molecule has 1 heterocycles. The summed E-state index contributed by atoms with van der Waals surface area (Å²) in [5.74, 6) is 0. The Bertz CT molecular complexity index is 373. The van der Waals surface area contributed by atoms with Crippen molar-refractivity contribution < 1.29 is 0 Å². The van der Waals surface area contributed by atoms with Crippen molar-refractivity contribution in [2.75, 3.05) is 6.54 Å². The molecule has 0 saturated carbocycles. The Morgan fingerprint density at radius 1 is 1.47 bits per heavy atom. The number of hydrogen-bond acceptors (Lipinski definition) is 2. The molecule has 0 spiro atoms. The molecule has 0 radical (unpaired) electrons. The van der Waals surface area contributed by atoms with Crippen LogP contribution in [0.3, 0.4) is 0 Å². The van der Waals surface area contributed by atoms with Crippen molar-refractivity contribution in [1.82, 2.24) is 15.1 Å². The maximum atomic E-state index is 4.51. The van der Waals surface area contributed by atoms with Gasteiger partial charge in [0.05, 0.1) is 17.4 Å². The molecule has 1 N–H and O–H groups in total. The molecule has 0 aromatic carbocycles. The Balaban J connectivity index is 2.94. The van der Waals surface area contributed by atoms with Crippen molar-refractivity contribution in [3.05, 3.63) is 29.1 Å². The molecule has 1 rings (SSSR count). The van der Waals surface area contributed by atoms with Crippen LogP contribution in [0.25, 0.3) is 0 Å². The Labute approximate surface area is 105 Å². The third-order valence-corrected chi connectivity index (χ3v) is 2.76. The van der Waals surface area contributed by atoms with Crippen LogP contribution in [0.2, 0.25) is 0 Å². The Kier molecular flexibility index (Phi) is 5.42. The minimum absolute atomic E-state index is 0.276. The van der Waals surface area contributed by atoms with E-state index in [1.807, 2.05) is 11.7 Å². The maximum Gasteiger partial charge on any atom is 0.0680 e. The van der Waals surface area contributed by atoms with E-state index in [2.05, 4.69) is 50.3 Å². The van der Waals surface area contributed by atoms with Crippen LogP contribution in [0.1, 0.15) is 51.5 Å². The molecule has 0 saturated heterocycles. The van der Waals surface area contributed by atoms with Crippen LogP contribution in [0, 0.1) is 0 Å². The van der Waals surface area contributed by atoms with Gasteiger partial charge >= 0.3 is 0 Å². The van der Waals surface area contributed by atoms with Crippen LogP contribution in [-0.4, -0.2) is 16.3 Å². The first-order valence-corrected chi connectivity index (χ1v) is 6.49. The van der Waals surface area contributed by atoms with Gasteiger partial charge in [-0.15, -0.1) is 0 Å². The maximum absolute atomic E-state index is 4.51. The van der Waals surface area contributed by atoms with Gasteiger partial charge in [-0.1, -0.05) is 25.5 Å². The van der Waals surface area contributed by atoms with Gasteiger partial charge in [0.2, 0.25) is 0 Å². The highest BCUT2D eigenvalue weighted by Crippen LogP contribution is 2.17. The van der Waals surface area contributed by atoms with Crippen molar-refractivity contribution in [2.24, 2.45) is 7.05 Å². The highest BCUT2D eigenvalue weighted by molar-refractivity contribution is 5.20. The van der Waals surface area contributed by atoms with Crippen molar-refractivity contribution in [1.29, 1.82) is 0 Å². The number of nitrogens with zero attached hydrogens (tertiary/aromatic N) is 2. The fraction of sp³-hybridized carbons (Fsp3) is 0.643. The lowest BCUT2D eigenvalue weighted by atomic mass is 10.1. The van der Waals surface area contributed by atoms with Gasteiger partial charge in [0.15, 0.2) is 0 Å². The van der Waals surface area contributed by atoms with E-state index >= 15 is 0 Å². The van der Waals surface area contributed by atoms with E-state index in [0.717, 1.165) is 25.1 Å². The van der Waals surface area contributed by atoms with Gasteiger partial charge in [-0.2, -0.15) is 5.10 Å². The van der Waals surface area contributed by atoms with Crippen LogP contribution in [0.4, 0.5) is 0 Å². The first-order chi connectivity index (χ1) is 8.08. The second-order valence-electron chi connectivity index (χ2n) is 4.71. The first kappa shape index (κ1) is 14.0. The highest BCUT2D eigenvalue weighted by Gasteiger charge is 2.13. The van der Waals surface area contributed by atoms with Crippen LogP contribution in [0.5, 0.6) is 0 Å². The third kappa shape index (κ3) is 4.00. The molecule has 0 amide bonds. The van der Waals surface area contributed by atoms with Crippen LogP contribution in [0.15, 0.2) is 17.7 Å². The number of allylic oxidation sites excluding steroid dienone is 1. The van der Waals surface area contributed by atoms with E-state index in [-0.39, 0.29) is 6.04 Å². The van der Waals surface area contributed by atoms with Gasteiger partial charge < -0.3 is 5.32 Å². The molecule has 3 heteroatoms. The molecular weight excluding hydrogens is 210 g/mol. The minimum atomic E-state index is 0.276. The zero-order valence-electron chi connectivity index (χ0n) is 11.7. The summed E-state index contributed by atoms with van der Waals surface area (Å²) in [6.45, 7) is 9.63. The van der Waals surface area contributed by atoms with Gasteiger partial charge in [-0.05, 0) is 39.3 Å². The van der Waals surface area contributed by atoms with Crippen molar-refractivity contribution in [3.63, 3.8) is 0 Å². The molecule has 0 aliphatic heterocycles. The molecule has 1 atom stereocenters. The second-order valence-corrected chi connectivity index (χ2v) is 4.71. The lowest BCUT2D eigenvalue weighted by molar-refractivity contribution is 0.562. The molecule has 0 aliphatic carbocycles. The standard InChI is InChI=1S/C14H25N3/c1-6-8-15-13(9-11(3)4)14-10-12(7-2)16-17(14)5/h9-10,13,15H,6-8H2,1-5H3. The summed E-state index contributed by atoms with van der Waals surface area (Å²) in [6.07, 6.45) is 4.40. The van der Waals surface area contributed by atoms with Gasteiger partial charge in [-0.3, -0.25) is 4.68 Å². The number of nitrogens with one attached hydrogen (secondary N) is 1. The summed E-state index contributed by atoms with van der Waals surface area (Å²) < 4.78 is 1.99. The SMILES string of the molecule is CCCNC(C=C(C)C)c1cc(CC)nn1C. The summed E-state index contributed by atoms with van der Waals surface area (Å²) >= 11 is 0. The van der Waals surface area contributed by atoms with E-state index < -0.39 is 0 Å². The van der Waals surface area contributed by atoms with Gasteiger partial charge in [-0.25, -0.2) is 0 Å². The summed E-state index contributed by atoms with van der Waals surface area (Å²) in [6, 6.07) is 2.48. The van der Waals surface area contributed by atoms with E-state index in [0.29, 0.717) is 0 Å². The third-order valence-electron chi connectivity index (χ3n) is 2.76. The topological polar surface area (TPSA) is 29.9 Å². The van der Waals surface area contributed by atoms with Crippen molar-refractivity contribution in [2.45, 2.75) is 46.6 Å². The Hall–Kier alpha value is -1.09. The molecule has 1 aromatic rings. The molecule has 3 nitrogen and oxygen atoms in total. The molecule has 96 valence electrons.